The minimum atomic E-state index is -4.48. The fraction of sp³-hybridized carbons (Fsp3) is 0.174. The number of halogens is 3. The van der Waals surface area contributed by atoms with Crippen LogP contribution in [0.5, 0.6) is 5.75 Å². The van der Waals surface area contributed by atoms with E-state index < -0.39 is 17.6 Å². The zero-order valence-electron chi connectivity index (χ0n) is 16.7. The summed E-state index contributed by atoms with van der Waals surface area (Å²) >= 11 is 0. The molecule has 164 valence electrons. The SMILES string of the molecule is O=C(Nc1ccc2c(c1)C(=O)N(Cc1ccccn1)CCO2)c1ccc(C(F)(F)F)cc1. The van der Waals surface area contributed by atoms with Crippen LogP contribution in [0.25, 0.3) is 0 Å². The molecule has 9 heteroatoms. The molecule has 0 spiro atoms. The molecule has 0 saturated heterocycles. The molecule has 2 amide bonds. The van der Waals surface area contributed by atoms with Crippen LogP contribution in [0.2, 0.25) is 0 Å². The summed E-state index contributed by atoms with van der Waals surface area (Å²) in [5, 5.41) is 2.61. The van der Waals surface area contributed by atoms with Crippen molar-refractivity contribution in [1.29, 1.82) is 0 Å². The predicted octanol–water partition coefficient (Wildman–Crippen LogP) is 4.39. The van der Waals surface area contributed by atoms with Crippen molar-refractivity contribution in [2.45, 2.75) is 12.7 Å². The number of aromatic nitrogens is 1. The molecule has 6 nitrogen and oxygen atoms in total. The summed E-state index contributed by atoms with van der Waals surface area (Å²) in [5.41, 5.74) is 0.562. The van der Waals surface area contributed by atoms with E-state index >= 15 is 0 Å². The van der Waals surface area contributed by atoms with Crippen LogP contribution in [0.1, 0.15) is 32.0 Å². The minimum Gasteiger partial charge on any atom is -0.491 e. The largest absolute Gasteiger partial charge is 0.491 e. The Hall–Kier alpha value is -3.88. The van der Waals surface area contributed by atoms with Gasteiger partial charge < -0.3 is 15.0 Å². The van der Waals surface area contributed by atoms with Crippen LogP contribution in [0, 0.1) is 0 Å². The third kappa shape index (κ3) is 4.72. The van der Waals surface area contributed by atoms with Crippen molar-refractivity contribution in [1.82, 2.24) is 9.88 Å². The Kier molecular flexibility index (Phi) is 5.81. The molecule has 0 aliphatic carbocycles. The van der Waals surface area contributed by atoms with E-state index in [1.807, 2.05) is 12.1 Å². The van der Waals surface area contributed by atoms with E-state index in [0.717, 1.165) is 30.0 Å². The van der Waals surface area contributed by atoms with Crippen LogP contribution in [0.4, 0.5) is 18.9 Å². The summed E-state index contributed by atoms with van der Waals surface area (Å²) < 4.78 is 43.8. The number of hydrogen-bond donors (Lipinski definition) is 1. The van der Waals surface area contributed by atoms with Crippen molar-refractivity contribution >= 4 is 17.5 Å². The number of pyridine rings is 1. The molecule has 0 saturated carbocycles. The Morgan fingerprint density at radius 3 is 2.56 bits per heavy atom. The minimum absolute atomic E-state index is 0.0623. The monoisotopic (exact) mass is 441 g/mol. The van der Waals surface area contributed by atoms with Gasteiger partial charge in [0, 0.05) is 17.4 Å². The van der Waals surface area contributed by atoms with Gasteiger partial charge in [-0.2, -0.15) is 13.2 Å². The summed E-state index contributed by atoms with van der Waals surface area (Å²) in [5.74, 6) is -0.467. The van der Waals surface area contributed by atoms with E-state index in [1.165, 1.54) is 6.07 Å². The van der Waals surface area contributed by atoms with Crippen LogP contribution in [0.15, 0.2) is 66.9 Å². The summed E-state index contributed by atoms with van der Waals surface area (Å²) in [6.45, 7) is 0.991. The van der Waals surface area contributed by atoms with E-state index in [0.29, 0.717) is 31.1 Å². The molecule has 1 aliphatic heterocycles. The van der Waals surface area contributed by atoms with Gasteiger partial charge in [-0.25, -0.2) is 0 Å². The Morgan fingerprint density at radius 2 is 1.88 bits per heavy atom. The van der Waals surface area contributed by atoms with Crippen molar-refractivity contribution in [3.8, 4) is 5.75 Å². The Morgan fingerprint density at radius 1 is 1.09 bits per heavy atom. The number of fused-ring (bicyclic) bond motifs is 1. The van der Waals surface area contributed by atoms with Gasteiger partial charge in [0.25, 0.3) is 11.8 Å². The fourth-order valence-corrected chi connectivity index (χ4v) is 3.29. The first kappa shape index (κ1) is 21.4. The normalized spacial score (nSPS) is 13.7. The molecular formula is C23H18F3N3O3. The zero-order valence-corrected chi connectivity index (χ0v) is 16.7. The van der Waals surface area contributed by atoms with Crippen molar-refractivity contribution < 1.29 is 27.5 Å². The van der Waals surface area contributed by atoms with Crippen LogP contribution < -0.4 is 10.1 Å². The molecule has 0 fully saturated rings. The first-order chi connectivity index (χ1) is 15.3. The van der Waals surface area contributed by atoms with Gasteiger partial charge in [0.15, 0.2) is 0 Å². The molecule has 4 rings (SSSR count). The lowest BCUT2D eigenvalue weighted by Gasteiger charge is -2.19. The van der Waals surface area contributed by atoms with Crippen molar-refractivity contribution in [2.75, 3.05) is 18.5 Å². The van der Waals surface area contributed by atoms with Gasteiger partial charge in [0.2, 0.25) is 0 Å². The highest BCUT2D eigenvalue weighted by Crippen LogP contribution is 2.30. The number of benzene rings is 2. The zero-order chi connectivity index (χ0) is 22.7. The highest BCUT2D eigenvalue weighted by Gasteiger charge is 2.30. The van der Waals surface area contributed by atoms with E-state index in [4.69, 9.17) is 4.74 Å². The second kappa shape index (κ2) is 8.70. The highest BCUT2D eigenvalue weighted by atomic mass is 19.4. The standard InChI is InChI=1S/C23H18F3N3O3/c24-23(25,26)16-6-4-15(5-7-16)21(30)28-17-8-9-20-19(13-17)22(31)29(11-12-32-20)14-18-3-1-2-10-27-18/h1-10,13H,11-12,14H2,(H,28,30). The number of hydrogen-bond acceptors (Lipinski definition) is 4. The maximum atomic E-state index is 13.1. The maximum absolute atomic E-state index is 13.1. The van der Waals surface area contributed by atoms with Gasteiger partial charge in [-0.3, -0.25) is 14.6 Å². The van der Waals surface area contributed by atoms with E-state index in [9.17, 15) is 22.8 Å². The Bertz CT molecular complexity index is 1130. The molecule has 2 aromatic carbocycles. The number of ether oxygens (including phenoxy) is 1. The van der Waals surface area contributed by atoms with Gasteiger partial charge in [-0.15, -0.1) is 0 Å². The first-order valence-corrected chi connectivity index (χ1v) is 9.76. The molecule has 1 N–H and O–H groups in total. The van der Waals surface area contributed by atoms with Gasteiger partial charge in [0.05, 0.1) is 29.9 Å². The number of nitrogens with zero attached hydrogens (tertiary/aromatic N) is 2. The third-order valence-corrected chi connectivity index (χ3v) is 4.93. The Balaban J connectivity index is 1.52. The molecule has 0 unspecified atom stereocenters. The topological polar surface area (TPSA) is 71.5 Å². The average Bonchev–Trinajstić information content (AvgIpc) is 2.93. The molecule has 3 aromatic rings. The van der Waals surface area contributed by atoms with Crippen LogP contribution >= 0.6 is 0 Å². The fourth-order valence-electron chi connectivity index (χ4n) is 3.29. The molecule has 0 radical (unpaired) electrons. The summed E-state index contributed by atoms with van der Waals surface area (Å²) in [6.07, 6.45) is -2.83. The van der Waals surface area contributed by atoms with Crippen LogP contribution in [-0.4, -0.2) is 34.8 Å². The number of alkyl halides is 3. The van der Waals surface area contributed by atoms with Gasteiger partial charge in [-0.1, -0.05) is 6.07 Å². The van der Waals surface area contributed by atoms with E-state index in [-0.39, 0.29) is 17.0 Å². The second-order valence-corrected chi connectivity index (χ2v) is 7.14. The molecular weight excluding hydrogens is 423 g/mol. The van der Waals surface area contributed by atoms with Crippen molar-refractivity contribution in [3.05, 3.63) is 89.2 Å². The summed E-state index contributed by atoms with van der Waals surface area (Å²) in [4.78, 5) is 31.4. The molecule has 1 aromatic heterocycles. The summed E-state index contributed by atoms with van der Waals surface area (Å²) in [6, 6.07) is 14.0. The van der Waals surface area contributed by atoms with Gasteiger partial charge in [-0.05, 0) is 54.6 Å². The number of amides is 2. The van der Waals surface area contributed by atoms with Crippen LogP contribution in [-0.2, 0) is 12.7 Å². The number of nitrogens with one attached hydrogen (secondary N) is 1. The number of anilines is 1. The molecule has 1 aliphatic rings. The first-order valence-electron chi connectivity index (χ1n) is 9.76. The molecule has 32 heavy (non-hydrogen) atoms. The average molecular weight is 441 g/mol. The van der Waals surface area contributed by atoms with E-state index in [1.54, 1.807) is 29.3 Å². The highest BCUT2D eigenvalue weighted by molar-refractivity contribution is 6.05. The van der Waals surface area contributed by atoms with Crippen LogP contribution in [0.3, 0.4) is 0 Å². The quantitative estimate of drug-likeness (QED) is 0.652. The smallest absolute Gasteiger partial charge is 0.416 e. The lowest BCUT2D eigenvalue weighted by Crippen LogP contribution is -2.32. The van der Waals surface area contributed by atoms with Crippen molar-refractivity contribution in [2.24, 2.45) is 0 Å². The summed E-state index contributed by atoms with van der Waals surface area (Å²) in [7, 11) is 0. The lowest BCUT2D eigenvalue weighted by molar-refractivity contribution is -0.137. The maximum Gasteiger partial charge on any atom is 0.416 e. The van der Waals surface area contributed by atoms with E-state index in [2.05, 4.69) is 10.3 Å². The predicted molar refractivity (Wildman–Crippen MR) is 110 cm³/mol. The second-order valence-electron chi connectivity index (χ2n) is 7.14. The van der Waals surface area contributed by atoms with Gasteiger partial charge in [0.1, 0.15) is 12.4 Å². The third-order valence-electron chi connectivity index (χ3n) is 4.93. The Labute approximate surface area is 181 Å². The van der Waals surface area contributed by atoms with Crippen molar-refractivity contribution in [3.63, 3.8) is 0 Å². The lowest BCUT2D eigenvalue weighted by atomic mass is 10.1. The molecule has 2 heterocycles. The molecule has 0 bridgehead atoms. The van der Waals surface area contributed by atoms with Gasteiger partial charge >= 0.3 is 6.18 Å². The number of carbonyl (C=O) groups is 2. The number of carbonyl (C=O) groups excluding carboxylic acids is 2. The number of rotatable bonds is 4. The molecule has 0 atom stereocenters.